The fourth-order valence-electron chi connectivity index (χ4n) is 6.10. The summed E-state index contributed by atoms with van der Waals surface area (Å²) in [6.45, 7) is 0. The maximum atomic E-state index is 12.9. The van der Waals surface area contributed by atoms with E-state index in [1.807, 2.05) is 18.2 Å². The predicted molar refractivity (Wildman–Crippen MR) is 106 cm³/mol. The van der Waals surface area contributed by atoms with Crippen LogP contribution < -0.4 is 5.32 Å². The molecule has 2 amide bonds. The minimum absolute atomic E-state index is 0.0436. The van der Waals surface area contributed by atoms with Gasteiger partial charge in [-0.15, -0.1) is 0 Å². The smallest absolute Gasteiger partial charge is 0.255 e. The van der Waals surface area contributed by atoms with Crippen molar-refractivity contribution in [3.63, 3.8) is 0 Å². The average Bonchev–Trinajstić information content (AvgIpc) is 2.51. The number of rotatable bonds is 4. The summed E-state index contributed by atoms with van der Waals surface area (Å²) in [6.07, 6.45) is 7.93. The van der Waals surface area contributed by atoms with Crippen molar-refractivity contribution in [2.24, 2.45) is 17.3 Å². The number of amides is 2. The van der Waals surface area contributed by atoms with E-state index in [0.717, 1.165) is 18.3 Å². The summed E-state index contributed by atoms with van der Waals surface area (Å²) in [7, 11) is 3.46. The highest BCUT2D eigenvalue weighted by Gasteiger charge is 2.57. The molecule has 1 N–H and O–H groups in total. The summed E-state index contributed by atoms with van der Waals surface area (Å²) >= 11 is 4.01. The van der Waals surface area contributed by atoms with E-state index in [1.54, 1.807) is 25.1 Å². The van der Waals surface area contributed by atoms with Gasteiger partial charge in [0.15, 0.2) is 0 Å². The summed E-state index contributed by atoms with van der Waals surface area (Å²) in [4.78, 5) is 26.8. The SMILES string of the molecule is CN(C)C(=O)c1ccccc1NC(=O)CC12CC3CC(CC(Br)(C3)C1)C2. The lowest BCUT2D eigenvalue weighted by molar-refractivity contribution is -0.123. The zero-order chi connectivity index (χ0) is 18.5. The monoisotopic (exact) mass is 418 g/mol. The first-order valence-electron chi connectivity index (χ1n) is 9.57. The topological polar surface area (TPSA) is 49.4 Å². The largest absolute Gasteiger partial charge is 0.345 e. The maximum absolute atomic E-state index is 12.9. The number of para-hydroxylation sites is 1. The fraction of sp³-hybridized carbons (Fsp3) is 0.619. The Kier molecular flexibility index (Phi) is 4.41. The molecule has 4 aliphatic carbocycles. The Labute approximate surface area is 163 Å². The van der Waals surface area contributed by atoms with Crippen LogP contribution >= 0.6 is 15.9 Å². The minimum atomic E-state index is -0.0879. The third-order valence-electron chi connectivity index (χ3n) is 6.48. The van der Waals surface area contributed by atoms with Gasteiger partial charge in [-0.1, -0.05) is 28.1 Å². The normalized spacial score (nSPS) is 34.6. The fourth-order valence-corrected chi connectivity index (χ4v) is 7.61. The van der Waals surface area contributed by atoms with E-state index in [4.69, 9.17) is 0 Å². The third kappa shape index (κ3) is 3.30. The molecule has 4 bridgehead atoms. The molecule has 0 spiro atoms. The molecule has 4 saturated carbocycles. The van der Waals surface area contributed by atoms with E-state index >= 15 is 0 Å². The molecule has 0 heterocycles. The van der Waals surface area contributed by atoms with E-state index in [2.05, 4.69) is 21.2 Å². The average molecular weight is 419 g/mol. The van der Waals surface area contributed by atoms with Crippen molar-refractivity contribution in [1.29, 1.82) is 0 Å². The van der Waals surface area contributed by atoms with Crippen LogP contribution in [0.25, 0.3) is 0 Å². The van der Waals surface area contributed by atoms with Crippen LogP contribution in [0.5, 0.6) is 0 Å². The standard InChI is InChI=1S/C21H27BrN2O2/c1-24(2)19(26)16-5-3-4-6-17(16)23-18(25)12-20-8-14-7-15(9-20)11-21(22,10-14)13-20/h3-6,14-15H,7-13H2,1-2H3,(H,23,25). The third-order valence-corrected chi connectivity index (χ3v) is 7.41. The van der Waals surface area contributed by atoms with Crippen LogP contribution in [0.4, 0.5) is 5.69 Å². The van der Waals surface area contributed by atoms with Crippen molar-refractivity contribution < 1.29 is 9.59 Å². The van der Waals surface area contributed by atoms with Gasteiger partial charge in [0, 0.05) is 24.8 Å². The number of carbonyl (C=O) groups is 2. The Morgan fingerprint density at radius 1 is 1.15 bits per heavy atom. The number of hydrogen-bond acceptors (Lipinski definition) is 2. The first kappa shape index (κ1) is 18.0. The zero-order valence-corrected chi connectivity index (χ0v) is 17.1. The lowest BCUT2D eigenvalue weighted by Crippen LogP contribution is -2.53. The molecule has 2 atom stereocenters. The van der Waals surface area contributed by atoms with Crippen LogP contribution in [-0.4, -0.2) is 35.1 Å². The zero-order valence-electron chi connectivity index (χ0n) is 15.6. The number of hydrogen-bond donors (Lipinski definition) is 1. The molecule has 5 rings (SSSR count). The number of nitrogens with one attached hydrogen (secondary N) is 1. The molecular weight excluding hydrogens is 392 g/mol. The second-order valence-electron chi connectivity index (χ2n) is 9.08. The molecule has 0 saturated heterocycles. The molecule has 140 valence electrons. The first-order chi connectivity index (χ1) is 12.3. The Morgan fingerprint density at radius 2 is 1.81 bits per heavy atom. The summed E-state index contributed by atoms with van der Waals surface area (Å²) in [6, 6.07) is 7.29. The van der Waals surface area contributed by atoms with Gasteiger partial charge in [-0.05, 0) is 67.9 Å². The van der Waals surface area contributed by atoms with Gasteiger partial charge in [0.2, 0.25) is 5.91 Å². The molecule has 0 aliphatic heterocycles. The maximum Gasteiger partial charge on any atom is 0.255 e. The van der Waals surface area contributed by atoms with Crippen molar-refractivity contribution >= 4 is 33.4 Å². The number of anilines is 1. The van der Waals surface area contributed by atoms with Gasteiger partial charge in [-0.3, -0.25) is 9.59 Å². The van der Waals surface area contributed by atoms with Crippen LogP contribution in [0, 0.1) is 17.3 Å². The van der Waals surface area contributed by atoms with Crippen molar-refractivity contribution in [3.8, 4) is 0 Å². The molecule has 4 fully saturated rings. The second-order valence-corrected chi connectivity index (χ2v) is 10.8. The van der Waals surface area contributed by atoms with E-state index < -0.39 is 0 Å². The Balaban J connectivity index is 1.50. The van der Waals surface area contributed by atoms with Gasteiger partial charge < -0.3 is 10.2 Å². The summed E-state index contributed by atoms with van der Waals surface area (Å²) in [5.74, 6) is 1.49. The van der Waals surface area contributed by atoms with Crippen molar-refractivity contribution in [1.82, 2.24) is 4.90 Å². The van der Waals surface area contributed by atoms with E-state index in [-0.39, 0.29) is 21.6 Å². The molecule has 4 nitrogen and oxygen atoms in total. The Morgan fingerprint density at radius 3 is 2.42 bits per heavy atom. The summed E-state index contributed by atoms with van der Waals surface area (Å²) < 4.78 is 0.260. The molecule has 4 aliphatic rings. The molecule has 1 aromatic carbocycles. The van der Waals surface area contributed by atoms with Gasteiger partial charge in [0.1, 0.15) is 0 Å². The van der Waals surface area contributed by atoms with Gasteiger partial charge in [0.05, 0.1) is 11.3 Å². The number of nitrogens with zero attached hydrogens (tertiary/aromatic N) is 1. The van der Waals surface area contributed by atoms with E-state index in [0.29, 0.717) is 17.7 Å². The van der Waals surface area contributed by atoms with E-state index in [9.17, 15) is 9.59 Å². The molecule has 5 heteroatoms. The number of halogens is 1. The highest BCUT2D eigenvalue weighted by molar-refractivity contribution is 9.10. The lowest BCUT2D eigenvalue weighted by Gasteiger charge is -2.60. The van der Waals surface area contributed by atoms with Crippen LogP contribution in [0.2, 0.25) is 0 Å². The van der Waals surface area contributed by atoms with Crippen molar-refractivity contribution in [2.75, 3.05) is 19.4 Å². The predicted octanol–water partition coefficient (Wildman–Crippen LogP) is 4.45. The second kappa shape index (κ2) is 6.36. The lowest BCUT2D eigenvalue weighted by atomic mass is 9.48. The molecule has 26 heavy (non-hydrogen) atoms. The quantitative estimate of drug-likeness (QED) is 0.734. The summed E-state index contributed by atoms with van der Waals surface area (Å²) in [5.41, 5.74) is 1.31. The van der Waals surface area contributed by atoms with Crippen LogP contribution in [0.15, 0.2) is 24.3 Å². The van der Waals surface area contributed by atoms with E-state index in [1.165, 1.54) is 32.1 Å². The molecule has 1 aromatic rings. The van der Waals surface area contributed by atoms with Crippen LogP contribution in [0.3, 0.4) is 0 Å². The molecule has 2 unspecified atom stereocenters. The number of benzene rings is 1. The van der Waals surface area contributed by atoms with Crippen molar-refractivity contribution in [2.45, 2.75) is 49.3 Å². The number of carbonyl (C=O) groups excluding carboxylic acids is 2. The molecule has 0 radical (unpaired) electrons. The van der Waals surface area contributed by atoms with Gasteiger partial charge in [-0.25, -0.2) is 0 Å². The van der Waals surface area contributed by atoms with Crippen molar-refractivity contribution in [3.05, 3.63) is 29.8 Å². The van der Waals surface area contributed by atoms with Crippen LogP contribution in [-0.2, 0) is 4.79 Å². The van der Waals surface area contributed by atoms with Gasteiger partial charge >= 0.3 is 0 Å². The minimum Gasteiger partial charge on any atom is -0.345 e. The van der Waals surface area contributed by atoms with Gasteiger partial charge in [0.25, 0.3) is 5.91 Å². The highest BCUT2D eigenvalue weighted by atomic mass is 79.9. The Hall–Kier alpha value is -1.36. The summed E-state index contributed by atoms with van der Waals surface area (Å²) in [5, 5.41) is 3.03. The van der Waals surface area contributed by atoms with Crippen LogP contribution in [0.1, 0.15) is 55.3 Å². The molecular formula is C21H27BrN2O2. The van der Waals surface area contributed by atoms with Gasteiger partial charge in [-0.2, -0.15) is 0 Å². The number of alkyl halides is 1. The highest BCUT2D eigenvalue weighted by Crippen LogP contribution is 2.65. The Bertz CT molecular complexity index is 731. The molecule has 0 aromatic heterocycles. The first-order valence-corrected chi connectivity index (χ1v) is 10.4.